The van der Waals surface area contributed by atoms with Crippen LogP contribution in [-0.4, -0.2) is 29.2 Å². The molecule has 1 aliphatic heterocycles. The zero-order valence-corrected chi connectivity index (χ0v) is 9.41. The highest BCUT2D eigenvalue weighted by atomic mass is 35.5. The number of rotatable bonds is 1. The molecule has 0 spiro atoms. The Morgan fingerprint density at radius 3 is 2.94 bits per heavy atom. The number of carbonyl (C=O) groups excluding carboxylic acids is 1. The molecular formula is C11H12ClNO3. The van der Waals surface area contributed by atoms with Crippen molar-refractivity contribution in [1.82, 2.24) is 5.06 Å². The van der Waals surface area contributed by atoms with E-state index in [1.54, 1.807) is 0 Å². The third kappa shape index (κ3) is 2.28. The Bertz CT molecular complexity index is 402. The number of amides is 1. The van der Waals surface area contributed by atoms with E-state index < -0.39 is 0 Å². The predicted molar refractivity (Wildman–Crippen MR) is 59.3 cm³/mol. The van der Waals surface area contributed by atoms with E-state index in [4.69, 9.17) is 16.4 Å². The van der Waals surface area contributed by atoms with E-state index in [2.05, 4.69) is 0 Å². The van der Waals surface area contributed by atoms with Crippen LogP contribution in [0.15, 0.2) is 18.2 Å². The molecule has 0 aliphatic carbocycles. The van der Waals surface area contributed by atoms with Gasteiger partial charge in [-0.05, 0) is 31.0 Å². The fraction of sp³-hybridized carbons (Fsp3) is 0.364. The predicted octanol–water partition coefficient (Wildman–Crippen LogP) is 2.21. The molecule has 0 aromatic heterocycles. The first-order valence-electron chi connectivity index (χ1n) is 5.12. The van der Waals surface area contributed by atoms with Gasteiger partial charge in [-0.1, -0.05) is 11.6 Å². The molecule has 0 radical (unpaired) electrons. The maximum absolute atomic E-state index is 12.0. The second-order valence-electron chi connectivity index (χ2n) is 3.61. The summed E-state index contributed by atoms with van der Waals surface area (Å²) in [6, 6.07) is 4.38. The second-order valence-corrected chi connectivity index (χ2v) is 4.05. The van der Waals surface area contributed by atoms with Gasteiger partial charge in [-0.15, -0.1) is 0 Å². The zero-order valence-electron chi connectivity index (χ0n) is 8.65. The van der Waals surface area contributed by atoms with Crippen LogP contribution >= 0.6 is 11.6 Å². The molecule has 5 heteroatoms. The highest BCUT2D eigenvalue weighted by molar-refractivity contribution is 6.31. The van der Waals surface area contributed by atoms with Gasteiger partial charge in [0.15, 0.2) is 0 Å². The molecule has 1 saturated heterocycles. The number of phenols is 1. The summed E-state index contributed by atoms with van der Waals surface area (Å²) in [6.45, 7) is 1.08. The molecule has 16 heavy (non-hydrogen) atoms. The Hall–Kier alpha value is -1.26. The highest BCUT2D eigenvalue weighted by Gasteiger charge is 2.22. The SMILES string of the molecule is O=C(c1cc(Cl)ccc1O)N1CCCCO1. The minimum Gasteiger partial charge on any atom is -0.507 e. The van der Waals surface area contributed by atoms with Crippen LogP contribution in [0.4, 0.5) is 0 Å². The Morgan fingerprint density at radius 1 is 1.44 bits per heavy atom. The van der Waals surface area contributed by atoms with Gasteiger partial charge in [0, 0.05) is 11.6 Å². The molecule has 0 bridgehead atoms. The van der Waals surface area contributed by atoms with Crippen LogP contribution in [0.3, 0.4) is 0 Å². The van der Waals surface area contributed by atoms with Gasteiger partial charge in [-0.3, -0.25) is 9.63 Å². The third-order valence-electron chi connectivity index (χ3n) is 2.42. The number of hydrogen-bond acceptors (Lipinski definition) is 3. The highest BCUT2D eigenvalue weighted by Crippen LogP contribution is 2.23. The summed E-state index contributed by atoms with van der Waals surface area (Å²) in [7, 11) is 0. The van der Waals surface area contributed by atoms with Crippen molar-refractivity contribution in [1.29, 1.82) is 0 Å². The molecule has 0 saturated carbocycles. The first-order chi connectivity index (χ1) is 7.68. The maximum Gasteiger partial charge on any atom is 0.281 e. The van der Waals surface area contributed by atoms with Gasteiger partial charge in [0.1, 0.15) is 5.75 Å². The first kappa shape index (κ1) is 11.2. The van der Waals surface area contributed by atoms with Crippen molar-refractivity contribution in [3.63, 3.8) is 0 Å². The summed E-state index contributed by atoms with van der Waals surface area (Å²) >= 11 is 5.78. The summed E-state index contributed by atoms with van der Waals surface area (Å²) in [5.74, 6) is -0.428. The molecule has 1 heterocycles. The molecule has 2 rings (SSSR count). The number of hydrogen-bond donors (Lipinski definition) is 1. The molecule has 1 aromatic rings. The molecule has 1 aromatic carbocycles. The lowest BCUT2D eigenvalue weighted by Crippen LogP contribution is -2.35. The van der Waals surface area contributed by atoms with Crippen molar-refractivity contribution in [2.45, 2.75) is 12.8 Å². The monoisotopic (exact) mass is 241 g/mol. The lowest BCUT2D eigenvalue weighted by Gasteiger charge is -2.26. The van der Waals surface area contributed by atoms with Gasteiger partial charge in [0.05, 0.1) is 12.2 Å². The Labute approximate surface area is 98.3 Å². The summed E-state index contributed by atoms with van der Waals surface area (Å²) < 4.78 is 0. The number of nitrogens with zero attached hydrogens (tertiary/aromatic N) is 1. The van der Waals surface area contributed by atoms with Crippen LogP contribution in [-0.2, 0) is 4.84 Å². The van der Waals surface area contributed by atoms with E-state index in [9.17, 15) is 9.90 Å². The molecule has 1 amide bonds. The van der Waals surface area contributed by atoms with E-state index in [0.29, 0.717) is 18.2 Å². The van der Waals surface area contributed by atoms with E-state index >= 15 is 0 Å². The fourth-order valence-electron chi connectivity index (χ4n) is 1.57. The van der Waals surface area contributed by atoms with Crippen LogP contribution in [0.25, 0.3) is 0 Å². The van der Waals surface area contributed by atoms with Crippen LogP contribution in [0.5, 0.6) is 5.75 Å². The van der Waals surface area contributed by atoms with Gasteiger partial charge in [-0.25, -0.2) is 5.06 Å². The third-order valence-corrected chi connectivity index (χ3v) is 2.65. The molecule has 1 fully saturated rings. The normalized spacial score (nSPS) is 16.2. The van der Waals surface area contributed by atoms with Crippen molar-refractivity contribution in [3.8, 4) is 5.75 Å². The number of hydroxylamine groups is 2. The quantitative estimate of drug-likeness (QED) is 0.820. The fourth-order valence-corrected chi connectivity index (χ4v) is 1.74. The molecule has 0 unspecified atom stereocenters. The van der Waals surface area contributed by atoms with Gasteiger partial charge in [0.25, 0.3) is 5.91 Å². The van der Waals surface area contributed by atoms with Crippen LogP contribution < -0.4 is 0 Å². The molecule has 86 valence electrons. The van der Waals surface area contributed by atoms with Crippen LogP contribution in [0.2, 0.25) is 5.02 Å². The van der Waals surface area contributed by atoms with E-state index in [0.717, 1.165) is 12.8 Å². The van der Waals surface area contributed by atoms with Gasteiger partial charge >= 0.3 is 0 Å². The number of carbonyl (C=O) groups is 1. The average molecular weight is 242 g/mol. The lowest BCUT2D eigenvalue weighted by atomic mass is 10.1. The topological polar surface area (TPSA) is 49.8 Å². The van der Waals surface area contributed by atoms with Gasteiger partial charge in [0.2, 0.25) is 0 Å². The largest absolute Gasteiger partial charge is 0.507 e. The molecular weight excluding hydrogens is 230 g/mol. The lowest BCUT2D eigenvalue weighted by molar-refractivity contribution is -0.144. The molecule has 0 atom stereocenters. The molecule has 4 nitrogen and oxygen atoms in total. The summed E-state index contributed by atoms with van der Waals surface area (Å²) in [5.41, 5.74) is 0.175. The number of halogens is 1. The van der Waals surface area contributed by atoms with E-state index in [-0.39, 0.29) is 17.2 Å². The van der Waals surface area contributed by atoms with Crippen molar-refractivity contribution in [2.24, 2.45) is 0 Å². The maximum atomic E-state index is 12.0. The minimum atomic E-state index is -0.347. The van der Waals surface area contributed by atoms with Crippen LogP contribution in [0, 0.1) is 0 Å². The van der Waals surface area contributed by atoms with Gasteiger partial charge < -0.3 is 5.11 Å². The average Bonchev–Trinajstić information content (AvgIpc) is 2.32. The minimum absolute atomic E-state index is 0.0800. The summed E-state index contributed by atoms with van der Waals surface area (Å²) in [4.78, 5) is 17.2. The van der Waals surface area contributed by atoms with E-state index in [1.807, 2.05) is 0 Å². The Morgan fingerprint density at radius 2 is 2.25 bits per heavy atom. The van der Waals surface area contributed by atoms with Crippen LogP contribution in [0.1, 0.15) is 23.2 Å². The van der Waals surface area contributed by atoms with Crippen molar-refractivity contribution in [3.05, 3.63) is 28.8 Å². The first-order valence-corrected chi connectivity index (χ1v) is 5.49. The summed E-state index contributed by atoms with van der Waals surface area (Å²) in [6.07, 6.45) is 1.86. The molecule has 1 N–H and O–H groups in total. The van der Waals surface area contributed by atoms with Crippen molar-refractivity contribution >= 4 is 17.5 Å². The number of aromatic hydroxyl groups is 1. The Kier molecular flexibility index (Phi) is 3.31. The zero-order chi connectivity index (χ0) is 11.5. The molecule has 1 aliphatic rings. The van der Waals surface area contributed by atoms with Crippen molar-refractivity contribution < 1.29 is 14.7 Å². The second kappa shape index (κ2) is 4.72. The smallest absolute Gasteiger partial charge is 0.281 e. The van der Waals surface area contributed by atoms with Crippen molar-refractivity contribution in [2.75, 3.05) is 13.2 Å². The van der Waals surface area contributed by atoms with E-state index in [1.165, 1.54) is 23.3 Å². The van der Waals surface area contributed by atoms with Gasteiger partial charge in [-0.2, -0.15) is 0 Å². The standard InChI is InChI=1S/C11H12ClNO3/c12-8-3-4-10(14)9(7-8)11(15)13-5-1-2-6-16-13/h3-4,7,14H,1-2,5-6H2. The number of phenolic OH excluding ortho intramolecular Hbond substituents is 1. The number of benzene rings is 1. The Balaban J connectivity index is 2.22. The summed E-state index contributed by atoms with van der Waals surface area (Å²) in [5, 5.41) is 11.3.